The summed E-state index contributed by atoms with van der Waals surface area (Å²) in [7, 11) is 0. The van der Waals surface area contributed by atoms with Crippen molar-refractivity contribution >= 4 is 22.9 Å². The molecule has 0 spiro atoms. The normalized spacial score (nSPS) is 11.9. The largest absolute Gasteiger partial charge is 0.555 e. The summed E-state index contributed by atoms with van der Waals surface area (Å²) in [6.07, 6.45) is 0. The molecule has 1 aromatic rings. The summed E-state index contributed by atoms with van der Waals surface area (Å²) in [5.74, 6) is -0.637. The molecule has 6 nitrogen and oxygen atoms in total. The highest BCUT2D eigenvalue weighted by Crippen LogP contribution is 2.09. The summed E-state index contributed by atoms with van der Waals surface area (Å²) in [4.78, 5) is 17.3. The number of carbonyl (C=O) groups excluding carboxylic acids is 1. The first kappa shape index (κ1) is 19.1. The van der Waals surface area contributed by atoms with Gasteiger partial charge < -0.3 is 14.6 Å². The first-order valence-corrected chi connectivity index (χ1v) is 8.59. The molecule has 1 atom stereocenters. The third-order valence-electron chi connectivity index (χ3n) is 2.82. The lowest BCUT2D eigenvalue weighted by Crippen LogP contribution is -2.42. The number of nitrogens with zero attached hydrogens (tertiary/aromatic N) is 3. The monoisotopic (exact) mass is 337 g/mol. The summed E-state index contributed by atoms with van der Waals surface area (Å²) in [6, 6.07) is 8.40. The van der Waals surface area contributed by atoms with Crippen LogP contribution in [0.1, 0.15) is 27.7 Å². The topological polar surface area (TPSA) is 83.0 Å². The van der Waals surface area contributed by atoms with E-state index in [0.717, 1.165) is 0 Å². The average molecular weight is 337 g/mol. The van der Waals surface area contributed by atoms with Gasteiger partial charge in [0.2, 0.25) is 11.1 Å². The zero-order valence-corrected chi connectivity index (χ0v) is 14.7. The summed E-state index contributed by atoms with van der Waals surface area (Å²) in [5.41, 5.74) is 9.09. The third-order valence-corrected chi connectivity index (χ3v) is 3.79. The van der Waals surface area contributed by atoms with Gasteiger partial charge in [-0.15, -0.1) is 4.79 Å². The van der Waals surface area contributed by atoms with Crippen molar-refractivity contribution in [3.05, 3.63) is 35.9 Å². The Kier molecular flexibility index (Phi) is 7.65. The Hall–Kier alpha value is -1.98. The van der Waals surface area contributed by atoms with Crippen molar-refractivity contribution in [2.75, 3.05) is 13.1 Å². The van der Waals surface area contributed by atoms with E-state index >= 15 is 0 Å². The minimum absolute atomic E-state index is 0.247. The van der Waals surface area contributed by atoms with Gasteiger partial charge in [0.25, 0.3) is 0 Å². The summed E-state index contributed by atoms with van der Waals surface area (Å²) < 4.78 is 17.2. The van der Waals surface area contributed by atoms with Crippen LogP contribution in [0.3, 0.4) is 0 Å². The Labute approximate surface area is 139 Å². The number of amides is 1. The van der Waals surface area contributed by atoms with Crippen LogP contribution in [0.4, 0.5) is 0 Å². The summed E-state index contributed by atoms with van der Waals surface area (Å²) >= 11 is -1.91. The fraction of sp³-hybridized carbons (Fsp3) is 0.500. The van der Waals surface area contributed by atoms with Crippen molar-refractivity contribution in [1.82, 2.24) is 4.90 Å². The van der Waals surface area contributed by atoms with E-state index in [2.05, 4.69) is 4.79 Å². The fourth-order valence-electron chi connectivity index (χ4n) is 2.00. The van der Waals surface area contributed by atoms with Crippen LogP contribution in [0, 0.1) is 11.8 Å². The maximum atomic E-state index is 12.5. The number of carbonyl (C=O) groups is 1. The maximum absolute atomic E-state index is 12.5. The molecule has 0 heterocycles. The molecule has 0 fully saturated rings. The predicted molar refractivity (Wildman–Crippen MR) is 88.8 cm³/mol. The molecule has 0 aliphatic heterocycles. The average Bonchev–Trinajstić information content (AvgIpc) is 2.51. The van der Waals surface area contributed by atoms with Crippen molar-refractivity contribution < 1.29 is 18.0 Å². The molecule has 0 aromatic heterocycles. The van der Waals surface area contributed by atoms with Crippen LogP contribution >= 0.6 is 0 Å². The van der Waals surface area contributed by atoms with E-state index in [1.54, 1.807) is 35.2 Å². The van der Waals surface area contributed by atoms with E-state index in [9.17, 15) is 9.00 Å². The Morgan fingerprint density at radius 1 is 1.17 bits per heavy atom. The second-order valence-corrected chi connectivity index (χ2v) is 7.14. The number of hydrogen-bond acceptors (Lipinski definition) is 3. The highest BCUT2D eigenvalue weighted by Gasteiger charge is 2.32. The van der Waals surface area contributed by atoms with Crippen molar-refractivity contribution in [1.29, 1.82) is 0 Å². The molecule has 0 saturated heterocycles. The lowest BCUT2D eigenvalue weighted by molar-refractivity contribution is -0.132. The Bertz CT molecular complexity index is 586. The van der Waals surface area contributed by atoms with Crippen LogP contribution in [-0.4, -0.2) is 38.8 Å². The molecule has 1 aromatic carbocycles. The first-order valence-electron chi connectivity index (χ1n) is 7.51. The first-order chi connectivity index (χ1) is 10.8. The van der Waals surface area contributed by atoms with Gasteiger partial charge in [-0.3, -0.25) is 4.79 Å². The number of benzene rings is 1. The smallest absolute Gasteiger partial charge is 0.357 e. The Morgan fingerprint density at radius 2 is 1.70 bits per heavy atom. The lowest BCUT2D eigenvalue weighted by atomic mass is 10.1. The van der Waals surface area contributed by atoms with Crippen molar-refractivity contribution in [2.24, 2.45) is 11.8 Å². The molecule has 126 valence electrons. The number of rotatable bonds is 6. The van der Waals surface area contributed by atoms with Crippen LogP contribution in [-0.2, 0) is 20.1 Å². The van der Waals surface area contributed by atoms with E-state index in [-0.39, 0.29) is 11.8 Å². The minimum Gasteiger partial charge on any atom is -0.357 e. The van der Waals surface area contributed by atoms with Gasteiger partial charge in [-0.1, -0.05) is 45.9 Å². The number of hydrogen-bond donors (Lipinski definition) is 0. The zero-order chi connectivity index (χ0) is 17.4. The quantitative estimate of drug-likeness (QED) is 0.346. The zero-order valence-electron chi connectivity index (χ0n) is 13.9. The molecular weight excluding hydrogens is 314 g/mol. The Balaban J connectivity index is 2.88. The summed E-state index contributed by atoms with van der Waals surface area (Å²) in [5, 5.41) is 0. The molecule has 1 rings (SSSR count). The molecule has 1 unspecified atom stereocenters. The van der Waals surface area contributed by atoms with E-state index in [0.29, 0.717) is 18.0 Å². The van der Waals surface area contributed by atoms with Gasteiger partial charge >= 0.3 is 11.8 Å². The van der Waals surface area contributed by atoms with Gasteiger partial charge in [-0.25, -0.2) is 4.21 Å². The van der Waals surface area contributed by atoms with Gasteiger partial charge in [0.05, 0.1) is 4.90 Å². The highest BCUT2D eigenvalue weighted by atomic mass is 32.2. The lowest BCUT2D eigenvalue weighted by Gasteiger charge is -2.23. The molecular formula is C16H23N3O3S. The molecule has 7 heteroatoms. The van der Waals surface area contributed by atoms with Crippen molar-refractivity contribution in [3.63, 3.8) is 0 Å². The molecule has 0 aliphatic rings. The van der Waals surface area contributed by atoms with Gasteiger partial charge in [0.15, 0.2) is 0 Å². The van der Waals surface area contributed by atoms with E-state index < -0.39 is 22.9 Å². The molecule has 1 amide bonds. The molecule has 23 heavy (non-hydrogen) atoms. The third kappa shape index (κ3) is 6.34. The second-order valence-electron chi connectivity index (χ2n) is 6.03. The van der Waals surface area contributed by atoms with E-state index in [4.69, 9.17) is 9.71 Å². The van der Waals surface area contributed by atoms with Gasteiger partial charge in [-0.2, -0.15) is 0 Å². The SMILES string of the molecule is CC(C)CN(CC(C)C)C(=O)C(=[N+]=[N-])OS(=O)c1ccccc1. The molecule has 0 radical (unpaired) electrons. The van der Waals surface area contributed by atoms with Crippen molar-refractivity contribution in [2.45, 2.75) is 32.6 Å². The van der Waals surface area contributed by atoms with Crippen LogP contribution in [0.2, 0.25) is 0 Å². The standard InChI is InChI=1S/C16H23N3O3S/c1-12(2)10-19(11-13(3)4)16(20)15(18-17)22-23(21)14-8-6-5-7-9-14/h5-9,12-13H,10-11H2,1-4H3. The van der Waals surface area contributed by atoms with Crippen LogP contribution in [0.15, 0.2) is 35.2 Å². The highest BCUT2D eigenvalue weighted by molar-refractivity contribution is 7.80. The van der Waals surface area contributed by atoms with Crippen LogP contribution in [0.5, 0.6) is 0 Å². The van der Waals surface area contributed by atoms with Crippen LogP contribution in [0.25, 0.3) is 5.53 Å². The minimum atomic E-state index is -1.91. The maximum Gasteiger partial charge on any atom is 0.555 e. The van der Waals surface area contributed by atoms with E-state index in [1.165, 1.54) is 0 Å². The predicted octanol–water partition coefficient (Wildman–Crippen LogP) is 2.49. The van der Waals surface area contributed by atoms with Gasteiger partial charge in [-0.05, 0) is 24.0 Å². The fourth-order valence-corrected chi connectivity index (χ4v) is 2.73. The van der Waals surface area contributed by atoms with E-state index in [1.807, 2.05) is 27.7 Å². The van der Waals surface area contributed by atoms with Crippen molar-refractivity contribution in [3.8, 4) is 0 Å². The summed E-state index contributed by atoms with van der Waals surface area (Å²) in [6.45, 7) is 8.94. The van der Waals surface area contributed by atoms with Gasteiger partial charge in [0.1, 0.15) is 0 Å². The Morgan fingerprint density at radius 3 is 2.13 bits per heavy atom. The molecule has 0 bridgehead atoms. The van der Waals surface area contributed by atoms with Crippen LogP contribution < -0.4 is 0 Å². The van der Waals surface area contributed by atoms with Gasteiger partial charge in [0, 0.05) is 13.1 Å². The second kappa shape index (κ2) is 9.22. The molecule has 0 saturated carbocycles. The molecule has 0 N–H and O–H groups in total. The molecule has 0 aliphatic carbocycles.